The number of benzene rings is 1. The maximum absolute atomic E-state index is 12.5. The fourth-order valence-electron chi connectivity index (χ4n) is 3.31. The van der Waals surface area contributed by atoms with Crippen LogP contribution in [0.2, 0.25) is 0 Å². The Balaban J connectivity index is 1.62. The van der Waals surface area contributed by atoms with Gasteiger partial charge in [0.2, 0.25) is 0 Å². The molecule has 0 spiro atoms. The summed E-state index contributed by atoms with van der Waals surface area (Å²) in [5, 5.41) is 2.94. The van der Waals surface area contributed by atoms with E-state index in [1.807, 2.05) is 52.8 Å². The molecule has 2 fully saturated rings. The highest BCUT2D eigenvalue weighted by atomic mass is 16.7. The maximum atomic E-state index is 12.5. The topological polar surface area (TPSA) is 60.0 Å². The Morgan fingerprint density at radius 3 is 2.36 bits per heavy atom. The predicted molar refractivity (Wildman–Crippen MR) is 112 cm³/mol. The van der Waals surface area contributed by atoms with Crippen molar-refractivity contribution in [1.29, 1.82) is 0 Å². The predicted octanol–water partition coefficient (Wildman–Crippen LogP) is 2.12. The summed E-state index contributed by atoms with van der Waals surface area (Å²) in [4.78, 5) is 14.7. The van der Waals surface area contributed by atoms with Crippen LogP contribution in [-0.4, -0.2) is 62.0 Å². The molecule has 28 heavy (non-hydrogen) atoms. The number of hydrogen-bond donors (Lipinski definition) is 1. The summed E-state index contributed by atoms with van der Waals surface area (Å²) in [6, 6.07) is 5.78. The summed E-state index contributed by atoms with van der Waals surface area (Å²) in [6.07, 6.45) is 0. The average molecular weight is 386 g/mol. The third kappa shape index (κ3) is 4.49. The van der Waals surface area contributed by atoms with E-state index in [2.05, 4.69) is 16.8 Å². The normalized spacial score (nSPS) is 21.5. The molecule has 1 amide bonds. The van der Waals surface area contributed by atoms with Gasteiger partial charge in [-0.25, -0.2) is 0 Å². The van der Waals surface area contributed by atoms with Crippen LogP contribution in [0.15, 0.2) is 30.4 Å². The quantitative estimate of drug-likeness (QED) is 0.621. The largest absolute Gasteiger partial charge is 0.495 e. The van der Waals surface area contributed by atoms with Gasteiger partial charge in [-0.05, 0) is 57.8 Å². The Labute approximate surface area is 168 Å². The number of nitrogens with zero attached hydrogens (tertiary/aromatic N) is 1. The summed E-state index contributed by atoms with van der Waals surface area (Å²) < 4.78 is 17.6. The second-order valence-electron chi connectivity index (χ2n) is 8.61. The molecule has 0 bridgehead atoms. The molecule has 7 heteroatoms. The SMILES string of the molecule is C=C(CN1CCOCC1)C(=O)Nc1ccc(B2OC(C)(C)C(C)(C)O2)c(C)c1. The lowest BCUT2D eigenvalue weighted by molar-refractivity contribution is -0.113. The van der Waals surface area contributed by atoms with Gasteiger partial charge in [-0.15, -0.1) is 0 Å². The summed E-state index contributed by atoms with van der Waals surface area (Å²) in [6.45, 7) is 17.7. The third-order valence-corrected chi connectivity index (χ3v) is 5.87. The number of carbonyl (C=O) groups excluding carboxylic acids is 1. The van der Waals surface area contributed by atoms with Gasteiger partial charge in [0.15, 0.2) is 0 Å². The molecule has 152 valence electrons. The van der Waals surface area contributed by atoms with Gasteiger partial charge >= 0.3 is 7.12 Å². The van der Waals surface area contributed by atoms with Crippen molar-refractivity contribution < 1.29 is 18.8 Å². The standard InChI is InChI=1S/C21H31BN2O4/c1-15-13-17(23-19(25)16(2)14-24-9-11-26-12-10-24)7-8-18(15)22-27-20(3,4)21(5,6)28-22/h7-8,13H,2,9-12,14H2,1,3-6H3,(H,23,25). The lowest BCUT2D eigenvalue weighted by Crippen LogP contribution is -2.41. The van der Waals surface area contributed by atoms with Gasteiger partial charge in [0.25, 0.3) is 5.91 Å². The van der Waals surface area contributed by atoms with E-state index >= 15 is 0 Å². The molecule has 1 aromatic carbocycles. The van der Waals surface area contributed by atoms with Gasteiger partial charge in [0.05, 0.1) is 24.4 Å². The van der Waals surface area contributed by atoms with Gasteiger partial charge in [-0.1, -0.05) is 12.6 Å². The van der Waals surface area contributed by atoms with Crippen molar-refractivity contribution in [2.45, 2.75) is 45.8 Å². The van der Waals surface area contributed by atoms with Crippen LogP contribution in [-0.2, 0) is 18.8 Å². The Kier molecular flexibility index (Phi) is 6.01. The number of morpholine rings is 1. The van der Waals surface area contributed by atoms with Gasteiger partial charge in [-0.2, -0.15) is 0 Å². The second kappa shape index (κ2) is 7.99. The van der Waals surface area contributed by atoms with Crippen LogP contribution in [0, 0.1) is 6.92 Å². The first-order chi connectivity index (χ1) is 13.1. The van der Waals surface area contributed by atoms with Crippen LogP contribution in [0.3, 0.4) is 0 Å². The maximum Gasteiger partial charge on any atom is 0.495 e. The molecule has 2 heterocycles. The number of carbonyl (C=O) groups is 1. The number of anilines is 1. The van der Waals surface area contributed by atoms with Crippen LogP contribution < -0.4 is 10.8 Å². The highest BCUT2D eigenvalue weighted by molar-refractivity contribution is 6.62. The zero-order valence-electron chi connectivity index (χ0n) is 17.6. The number of ether oxygens (including phenoxy) is 1. The third-order valence-electron chi connectivity index (χ3n) is 5.87. The highest BCUT2D eigenvalue weighted by Gasteiger charge is 2.52. The first kappa shape index (κ1) is 21.1. The molecule has 2 aliphatic rings. The van der Waals surface area contributed by atoms with E-state index in [4.69, 9.17) is 14.0 Å². The van der Waals surface area contributed by atoms with Crippen LogP contribution in [0.1, 0.15) is 33.3 Å². The van der Waals surface area contributed by atoms with E-state index in [-0.39, 0.29) is 17.1 Å². The van der Waals surface area contributed by atoms with Gasteiger partial charge in [0, 0.05) is 30.9 Å². The van der Waals surface area contributed by atoms with Crippen molar-refractivity contribution in [1.82, 2.24) is 4.90 Å². The highest BCUT2D eigenvalue weighted by Crippen LogP contribution is 2.36. The van der Waals surface area contributed by atoms with Crippen molar-refractivity contribution >= 4 is 24.2 Å². The van der Waals surface area contributed by atoms with Crippen molar-refractivity contribution in [2.24, 2.45) is 0 Å². The molecule has 0 aromatic heterocycles. The smallest absolute Gasteiger partial charge is 0.399 e. The lowest BCUT2D eigenvalue weighted by Gasteiger charge is -2.32. The fraction of sp³-hybridized carbons (Fsp3) is 0.571. The zero-order chi connectivity index (χ0) is 20.5. The molecule has 0 radical (unpaired) electrons. The number of rotatable bonds is 5. The molecule has 1 N–H and O–H groups in total. The Hall–Kier alpha value is -1.67. The van der Waals surface area contributed by atoms with E-state index < -0.39 is 7.12 Å². The fourth-order valence-corrected chi connectivity index (χ4v) is 3.31. The van der Waals surface area contributed by atoms with Crippen molar-refractivity contribution in [3.63, 3.8) is 0 Å². The Bertz CT molecular complexity index is 741. The zero-order valence-corrected chi connectivity index (χ0v) is 17.6. The van der Waals surface area contributed by atoms with Crippen molar-refractivity contribution in [3.05, 3.63) is 35.9 Å². The summed E-state index contributed by atoms with van der Waals surface area (Å²) in [5.41, 5.74) is 2.52. The molecule has 0 atom stereocenters. The molecule has 1 aromatic rings. The van der Waals surface area contributed by atoms with Gasteiger partial charge in [-0.3, -0.25) is 9.69 Å². The minimum atomic E-state index is -0.411. The first-order valence-corrected chi connectivity index (χ1v) is 9.84. The number of aryl methyl sites for hydroxylation is 1. The van der Waals surface area contributed by atoms with Crippen LogP contribution >= 0.6 is 0 Å². The van der Waals surface area contributed by atoms with Crippen molar-refractivity contribution in [3.8, 4) is 0 Å². The molecular formula is C21H31BN2O4. The molecular weight excluding hydrogens is 355 g/mol. The Morgan fingerprint density at radius 1 is 1.18 bits per heavy atom. The van der Waals surface area contributed by atoms with E-state index in [1.54, 1.807) is 0 Å². The number of nitrogens with one attached hydrogen (secondary N) is 1. The molecule has 2 saturated heterocycles. The monoisotopic (exact) mass is 386 g/mol. The van der Waals surface area contributed by atoms with E-state index in [0.29, 0.717) is 25.3 Å². The minimum Gasteiger partial charge on any atom is -0.399 e. The molecule has 6 nitrogen and oxygen atoms in total. The number of hydrogen-bond acceptors (Lipinski definition) is 5. The van der Waals surface area contributed by atoms with Gasteiger partial charge < -0.3 is 19.4 Å². The second-order valence-corrected chi connectivity index (χ2v) is 8.61. The van der Waals surface area contributed by atoms with E-state index in [0.717, 1.165) is 29.8 Å². The molecule has 0 saturated carbocycles. The summed E-state index contributed by atoms with van der Waals surface area (Å²) >= 11 is 0. The van der Waals surface area contributed by atoms with Crippen LogP contribution in [0.5, 0.6) is 0 Å². The summed E-state index contributed by atoms with van der Waals surface area (Å²) in [5.74, 6) is -0.158. The summed E-state index contributed by atoms with van der Waals surface area (Å²) in [7, 11) is -0.411. The van der Waals surface area contributed by atoms with Gasteiger partial charge in [0.1, 0.15) is 0 Å². The molecule has 3 rings (SSSR count). The molecule has 0 unspecified atom stereocenters. The Morgan fingerprint density at radius 2 is 1.79 bits per heavy atom. The van der Waals surface area contributed by atoms with E-state index in [1.165, 1.54) is 0 Å². The lowest BCUT2D eigenvalue weighted by atomic mass is 9.76. The minimum absolute atomic E-state index is 0.158. The average Bonchev–Trinajstić information content (AvgIpc) is 2.83. The van der Waals surface area contributed by atoms with Crippen LogP contribution in [0.4, 0.5) is 5.69 Å². The van der Waals surface area contributed by atoms with E-state index in [9.17, 15) is 4.79 Å². The van der Waals surface area contributed by atoms with Crippen molar-refractivity contribution in [2.75, 3.05) is 38.2 Å². The molecule has 0 aliphatic carbocycles. The first-order valence-electron chi connectivity index (χ1n) is 9.84. The van der Waals surface area contributed by atoms with Crippen LogP contribution in [0.25, 0.3) is 0 Å². The molecule has 2 aliphatic heterocycles. The number of amides is 1.